The molecule has 0 aliphatic rings. The van der Waals surface area contributed by atoms with Crippen LogP contribution in [0, 0.1) is 0 Å². The van der Waals surface area contributed by atoms with Crippen molar-refractivity contribution in [1.82, 2.24) is 5.32 Å². The molecule has 0 aromatic heterocycles. The van der Waals surface area contributed by atoms with E-state index in [0.29, 0.717) is 17.7 Å². The molecule has 3 aromatic rings. The third kappa shape index (κ3) is 5.64. The SMILES string of the molecule is CCCCCCNC(=O)c1ccc(C=O)cc1P(c1ccccc1)c1ccccc1. The van der Waals surface area contributed by atoms with Crippen molar-refractivity contribution >= 4 is 36.0 Å². The summed E-state index contributed by atoms with van der Waals surface area (Å²) in [6.07, 6.45) is 5.30. The van der Waals surface area contributed by atoms with Crippen LogP contribution in [-0.2, 0) is 0 Å². The Labute approximate surface area is 180 Å². The summed E-state index contributed by atoms with van der Waals surface area (Å²) < 4.78 is 0. The van der Waals surface area contributed by atoms with Crippen molar-refractivity contribution in [1.29, 1.82) is 0 Å². The molecule has 0 bridgehead atoms. The van der Waals surface area contributed by atoms with Gasteiger partial charge in [-0.1, -0.05) is 92.9 Å². The van der Waals surface area contributed by atoms with E-state index in [0.717, 1.165) is 35.0 Å². The van der Waals surface area contributed by atoms with E-state index in [1.165, 1.54) is 12.8 Å². The number of benzene rings is 3. The second-order valence-corrected chi connectivity index (χ2v) is 9.40. The molecule has 154 valence electrons. The first kappa shape index (κ1) is 21.9. The van der Waals surface area contributed by atoms with E-state index in [-0.39, 0.29) is 5.91 Å². The second-order valence-electron chi connectivity index (χ2n) is 7.22. The summed E-state index contributed by atoms with van der Waals surface area (Å²) >= 11 is 0. The number of aldehydes is 1. The van der Waals surface area contributed by atoms with Gasteiger partial charge in [0.05, 0.1) is 0 Å². The third-order valence-corrected chi connectivity index (χ3v) is 7.47. The van der Waals surface area contributed by atoms with Crippen LogP contribution >= 0.6 is 7.92 Å². The van der Waals surface area contributed by atoms with Crippen molar-refractivity contribution in [2.24, 2.45) is 0 Å². The molecule has 0 aliphatic carbocycles. The van der Waals surface area contributed by atoms with Crippen molar-refractivity contribution in [2.75, 3.05) is 6.54 Å². The van der Waals surface area contributed by atoms with Crippen LogP contribution in [0.3, 0.4) is 0 Å². The van der Waals surface area contributed by atoms with E-state index in [1.807, 2.05) is 42.5 Å². The lowest BCUT2D eigenvalue weighted by molar-refractivity contribution is 0.0953. The zero-order chi connectivity index (χ0) is 21.2. The molecular formula is C26H28NO2P. The van der Waals surface area contributed by atoms with Crippen molar-refractivity contribution in [2.45, 2.75) is 32.6 Å². The average Bonchev–Trinajstić information content (AvgIpc) is 2.80. The summed E-state index contributed by atoms with van der Waals surface area (Å²) in [6.45, 7) is 2.84. The Bertz CT molecular complexity index is 918. The number of rotatable bonds is 10. The highest BCUT2D eigenvalue weighted by Crippen LogP contribution is 2.34. The number of unbranched alkanes of at least 4 members (excludes halogenated alkanes) is 3. The number of hydrogen-bond acceptors (Lipinski definition) is 2. The molecule has 3 nitrogen and oxygen atoms in total. The molecule has 0 heterocycles. The highest BCUT2D eigenvalue weighted by molar-refractivity contribution is 7.80. The molecule has 0 spiro atoms. The predicted octanol–water partition coefficient (Wildman–Crippen LogP) is 4.57. The maximum atomic E-state index is 13.1. The van der Waals surface area contributed by atoms with Crippen LogP contribution in [0.2, 0.25) is 0 Å². The van der Waals surface area contributed by atoms with Crippen molar-refractivity contribution < 1.29 is 9.59 Å². The lowest BCUT2D eigenvalue weighted by Gasteiger charge is -2.22. The van der Waals surface area contributed by atoms with Crippen molar-refractivity contribution in [3.63, 3.8) is 0 Å². The van der Waals surface area contributed by atoms with E-state index in [4.69, 9.17) is 0 Å². The molecule has 0 saturated heterocycles. The Balaban J connectivity index is 2.00. The van der Waals surface area contributed by atoms with Gasteiger partial charge in [0.2, 0.25) is 0 Å². The van der Waals surface area contributed by atoms with Crippen molar-refractivity contribution in [3.05, 3.63) is 90.0 Å². The summed E-state index contributed by atoms with van der Waals surface area (Å²) in [5.41, 5.74) is 1.23. The number of nitrogens with one attached hydrogen (secondary N) is 1. The molecule has 3 rings (SSSR count). The third-order valence-electron chi connectivity index (χ3n) is 4.99. The standard InChI is InChI=1S/C26H28NO2P/c1-2-3-4-11-18-27-26(29)24-17-16-21(20-28)19-25(24)30(22-12-7-5-8-13-22)23-14-9-6-10-15-23/h5-10,12-17,19-20H,2-4,11,18H2,1H3,(H,27,29). The Morgan fingerprint density at radius 2 is 1.50 bits per heavy atom. The fraction of sp³-hybridized carbons (Fsp3) is 0.231. The summed E-state index contributed by atoms with van der Waals surface area (Å²) in [7, 11) is -0.965. The quantitative estimate of drug-likeness (QED) is 0.298. The Hall–Kier alpha value is -2.77. The van der Waals surface area contributed by atoms with Crippen LogP contribution in [0.15, 0.2) is 78.9 Å². The van der Waals surface area contributed by atoms with Gasteiger partial charge in [0.25, 0.3) is 5.91 Å². The zero-order valence-corrected chi connectivity index (χ0v) is 18.3. The molecule has 30 heavy (non-hydrogen) atoms. The van der Waals surface area contributed by atoms with Crippen LogP contribution in [0.25, 0.3) is 0 Å². The number of carbonyl (C=O) groups is 2. The summed E-state index contributed by atoms with van der Waals surface area (Å²) in [5, 5.41) is 6.29. The Kier molecular flexibility index (Phi) is 8.35. The summed E-state index contributed by atoms with van der Waals surface area (Å²) in [6, 6.07) is 25.8. The molecule has 0 atom stereocenters. The van der Waals surface area contributed by atoms with Gasteiger partial charge in [0.1, 0.15) is 6.29 Å². The molecule has 0 aliphatic heterocycles. The number of hydrogen-bond donors (Lipinski definition) is 1. The first-order valence-electron chi connectivity index (χ1n) is 10.5. The molecule has 0 unspecified atom stereocenters. The van der Waals surface area contributed by atoms with Crippen LogP contribution in [0.1, 0.15) is 53.3 Å². The monoisotopic (exact) mass is 417 g/mol. The van der Waals surface area contributed by atoms with Gasteiger partial charge in [0, 0.05) is 17.7 Å². The molecule has 0 saturated carbocycles. The largest absolute Gasteiger partial charge is 0.352 e. The van der Waals surface area contributed by atoms with Gasteiger partial charge in [-0.25, -0.2) is 0 Å². The number of carbonyl (C=O) groups excluding carboxylic acids is 2. The molecule has 1 amide bonds. The molecule has 1 N–H and O–H groups in total. The minimum Gasteiger partial charge on any atom is -0.352 e. The highest BCUT2D eigenvalue weighted by atomic mass is 31.1. The molecule has 3 aromatic carbocycles. The smallest absolute Gasteiger partial charge is 0.251 e. The fourth-order valence-electron chi connectivity index (χ4n) is 3.43. The second kappa shape index (κ2) is 11.4. The molecule has 4 heteroatoms. The fourth-order valence-corrected chi connectivity index (χ4v) is 5.92. The summed E-state index contributed by atoms with van der Waals surface area (Å²) in [4.78, 5) is 24.6. The van der Waals surface area contributed by atoms with Gasteiger partial charge < -0.3 is 5.32 Å². The van der Waals surface area contributed by atoms with Crippen molar-refractivity contribution in [3.8, 4) is 0 Å². The van der Waals surface area contributed by atoms with Gasteiger partial charge in [0.15, 0.2) is 0 Å². The van der Waals surface area contributed by atoms with Crippen LogP contribution in [-0.4, -0.2) is 18.7 Å². The average molecular weight is 417 g/mol. The van der Waals surface area contributed by atoms with Gasteiger partial charge in [-0.15, -0.1) is 0 Å². The minimum absolute atomic E-state index is 0.0710. The van der Waals surface area contributed by atoms with Gasteiger partial charge in [-0.2, -0.15) is 0 Å². The summed E-state index contributed by atoms with van der Waals surface area (Å²) in [5.74, 6) is -0.0710. The highest BCUT2D eigenvalue weighted by Gasteiger charge is 2.23. The van der Waals surface area contributed by atoms with E-state index in [1.54, 1.807) is 12.1 Å². The molecule has 0 fully saturated rings. The van der Waals surface area contributed by atoms with Gasteiger partial charge in [-0.05, 0) is 42.4 Å². The lowest BCUT2D eigenvalue weighted by Crippen LogP contribution is -2.32. The minimum atomic E-state index is -0.965. The van der Waals surface area contributed by atoms with Crippen LogP contribution < -0.4 is 21.2 Å². The zero-order valence-electron chi connectivity index (χ0n) is 17.4. The number of amides is 1. The molecular weight excluding hydrogens is 389 g/mol. The van der Waals surface area contributed by atoms with Crippen LogP contribution in [0.4, 0.5) is 0 Å². The Morgan fingerprint density at radius 3 is 2.07 bits per heavy atom. The predicted molar refractivity (Wildman–Crippen MR) is 127 cm³/mol. The van der Waals surface area contributed by atoms with E-state index < -0.39 is 7.92 Å². The maximum absolute atomic E-state index is 13.1. The van der Waals surface area contributed by atoms with E-state index in [2.05, 4.69) is 36.5 Å². The van der Waals surface area contributed by atoms with Gasteiger partial charge in [-0.3, -0.25) is 9.59 Å². The Morgan fingerprint density at radius 1 is 0.867 bits per heavy atom. The maximum Gasteiger partial charge on any atom is 0.251 e. The van der Waals surface area contributed by atoms with Crippen LogP contribution in [0.5, 0.6) is 0 Å². The van der Waals surface area contributed by atoms with E-state index >= 15 is 0 Å². The first-order valence-corrected chi connectivity index (χ1v) is 11.9. The van der Waals surface area contributed by atoms with Gasteiger partial charge >= 0.3 is 0 Å². The lowest BCUT2D eigenvalue weighted by atomic mass is 10.1. The first-order chi connectivity index (χ1) is 14.7. The molecule has 0 radical (unpaired) electrons. The topological polar surface area (TPSA) is 46.2 Å². The normalized spacial score (nSPS) is 10.7. The van der Waals surface area contributed by atoms with E-state index in [9.17, 15) is 9.59 Å².